The van der Waals surface area contributed by atoms with Gasteiger partial charge >= 0.3 is 0 Å². The van der Waals surface area contributed by atoms with Crippen LogP contribution in [0.1, 0.15) is 64.4 Å². The Morgan fingerprint density at radius 3 is 2.87 bits per heavy atom. The van der Waals surface area contributed by atoms with Crippen molar-refractivity contribution >= 4 is 0 Å². The first-order chi connectivity index (χ1) is 16.8. The van der Waals surface area contributed by atoms with E-state index in [4.69, 9.17) is 28.7 Å². The molecular weight excluding hydrogens is 290 g/mol. The molecule has 0 radical (unpaired) electrons. The molecule has 23 heavy (non-hydrogen) atoms. The number of benzene rings is 1. The summed E-state index contributed by atoms with van der Waals surface area (Å²) in [6, 6.07) is -5.01. The van der Waals surface area contributed by atoms with Crippen LogP contribution in [0.5, 0.6) is 11.5 Å². The van der Waals surface area contributed by atoms with Gasteiger partial charge in [0.1, 0.15) is 0 Å². The standard InChI is InChI=1S/C19H29NO3/c1-12(2)7-14-11-20-6-5-13-8-18(22-3)19(23-4)9-15(13)16(20)10-17(14)21/h8-9,12,14,16-17,21H,5-7,10-11H2,1-4H3/i3D3,4D3,5D2,6D2,8D,9D,11D2,16D. The van der Waals surface area contributed by atoms with Gasteiger partial charge in [0, 0.05) is 27.2 Å². The van der Waals surface area contributed by atoms with Gasteiger partial charge < -0.3 is 14.6 Å². The monoisotopic (exact) mass is 334 g/mol. The number of ether oxygens (including phenoxy) is 2. The van der Waals surface area contributed by atoms with E-state index in [9.17, 15) is 6.48 Å². The summed E-state index contributed by atoms with van der Waals surface area (Å²) in [6.45, 7) is -2.74. The Hall–Kier alpha value is -1.26. The van der Waals surface area contributed by atoms with E-state index >= 15 is 0 Å². The van der Waals surface area contributed by atoms with Gasteiger partial charge in [-0.15, -0.1) is 0 Å². The van der Waals surface area contributed by atoms with E-state index in [2.05, 4.69) is 0 Å². The van der Waals surface area contributed by atoms with Gasteiger partial charge in [0.25, 0.3) is 0 Å². The van der Waals surface area contributed by atoms with Crippen LogP contribution in [-0.2, 0) is 6.37 Å². The van der Waals surface area contributed by atoms with Crippen LogP contribution in [-0.4, -0.2) is 43.2 Å². The number of hydrogen-bond donors (Lipinski definition) is 1. The highest BCUT2D eigenvalue weighted by Gasteiger charge is 2.38. The van der Waals surface area contributed by atoms with Crippen molar-refractivity contribution in [2.45, 2.75) is 45.2 Å². The van der Waals surface area contributed by atoms with Crippen molar-refractivity contribution in [1.82, 2.24) is 4.90 Å². The molecule has 1 aromatic rings. The second-order valence-corrected chi connectivity index (χ2v) is 6.02. The summed E-state index contributed by atoms with van der Waals surface area (Å²) in [4.78, 5) is 0.288. The first kappa shape index (κ1) is 6.23. The molecular formula is C19H29NO3. The zero-order chi connectivity index (χ0) is 29.6. The highest BCUT2D eigenvalue weighted by Crippen LogP contribution is 2.43. The summed E-state index contributed by atoms with van der Waals surface area (Å²) in [7, 11) is -6.64. The van der Waals surface area contributed by atoms with E-state index in [0.29, 0.717) is 0 Å². The Labute approximate surface area is 160 Å². The summed E-state index contributed by atoms with van der Waals surface area (Å²) in [6.07, 6.45) is -5.61. The topological polar surface area (TPSA) is 41.9 Å². The second-order valence-electron chi connectivity index (χ2n) is 6.02. The molecule has 2 aliphatic heterocycles. The zero-order valence-corrected chi connectivity index (χ0v) is 12.9. The molecule has 1 saturated heterocycles. The molecule has 4 heteroatoms. The van der Waals surface area contributed by atoms with E-state index in [0.717, 1.165) is 0 Å². The molecule has 4 nitrogen and oxygen atoms in total. The van der Waals surface area contributed by atoms with E-state index in [1.807, 2.05) is 0 Å². The maximum atomic E-state index is 11.0. The Kier molecular flexibility index (Phi) is 1.81. The SMILES string of the molecule is [2H]c1c(OC([2H])([2H])[2H])c(OC([2H])([2H])[2H])c([2H])c2c1C1([2H])CC(O)C(CC(C)C)C([2H])([2H])N1C([2H])([2H])C2([2H])[2H]. The minimum absolute atomic E-state index is 0.0445. The van der Waals surface area contributed by atoms with Crippen molar-refractivity contribution in [3.05, 3.63) is 23.2 Å². The third-order valence-corrected chi connectivity index (χ3v) is 3.88. The molecule has 1 N–H and O–H groups in total. The molecule has 2 aliphatic rings. The lowest BCUT2D eigenvalue weighted by Gasteiger charge is -2.46. The molecule has 0 spiro atoms. The minimum atomic E-state index is -3.37. The molecule has 3 atom stereocenters. The highest BCUT2D eigenvalue weighted by molar-refractivity contribution is 5.49. The average molecular weight is 335 g/mol. The van der Waals surface area contributed by atoms with Gasteiger partial charge in [0.2, 0.25) is 0 Å². The van der Waals surface area contributed by atoms with Crippen LogP contribution in [0.15, 0.2) is 12.1 Å². The minimum Gasteiger partial charge on any atom is -0.493 e. The molecule has 3 unspecified atom stereocenters. The lowest BCUT2D eigenvalue weighted by atomic mass is 9.79. The first-order valence-electron chi connectivity index (χ1n) is 14.9. The fourth-order valence-electron chi connectivity index (χ4n) is 2.82. The third kappa shape index (κ3) is 3.20. The van der Waals surface area contributed by atoms with Crippen LogP contribution < -0.4 is 9.47 Å². The van der Waals surface area contributed by atoms with Crippen LogP contribution in [0, 0.1) is 11.8 Å². The normalized spacial score (nSPS) is 47.9. The second kappa shape index (κ2) is 6.70. The number of fused-ring (bicyclic) bond motifs is 3. The predicted molar refractivity (Wildman–Crippen MR) is 91.1 cm³/mol. The molecule has 1 fully saturated rings. The predicted octanol–water partition coefficient (Wildman–Crippen LogP) is 3.03. The van der Waals surface area contributed by atoms with E-state index < -0.39 is 92.6 Å². The lowest BCUT2D eigenvalue weighted by Crippen LogP contribution is -2.48. The van der Waals surface area contributed by atoms with Crippen molar-refractivity contribution in [2.75, 3.05) is 27.1 Å². The molecule has 128 valence electrons. The Morgan fingerprint density at radius 1 is 1.43 bits per heavy atom. The molecule has 0 aliphatic carbocycles. The van der Waals surface area contributed by atoms with Crippen molar-refractivity contribution in [3.8, 4) is 11.5 Å². The molecule has 2 heterocycles. The molecule has 0 saturated carbocycles. The maximum Gasteiger partial charge on any atom is 0.161 e. The van der Waals surface area contributed by atoms with Crippen LogP contribution >= 0.6 is 0 Å². The van der Waals surface area contributed by atoms with Gasteiger partial charge in [-0.1, -0.05) is 13.8 Å². The van der Waals surface area contributed by atoms with Gasteiger partial charge in [-0.25, -0.2) is 0 Å². The number of aliphatic hydroxyl groups is 1. The largest absolute Gasteiger partial charge is 0.493 e. The van der Waals surface area contributed by atoms with E-state index in [1.165, 1.54) is 0 Å². The van der Waals surface area contributed by atoms with Crippen molar-refractivity contribution in [2.24, 2.45) is 11.8 Å². The number of piperidine rings is 1. The van der Waals surface area contributed by atoms with Gasteiger partial charge in [-0.3, -0.25) is 4.90 Å². The molecule has 0 aromatic heterocycles. The smallest absolute Gasteiger partial charge is 0.161 e. The molecule has 3 rings (SSSR count). The summed E-state index contributed by atoms with van der Waals surface area (Å²) >= 11 is 0. The summed E-state index contributed by atoms with van der Waals surface area (Å²) < 4.78 is 133. The summed E-state index contributed by atoms with van der Waals surface area (Å²) in [5.74, 6) is -3.74. The zero-order valence-electron chi connectivity index (χ0n) is 27.9. The number of methoxy groups -OCH3 is 2. The van der Waals surface area contributed by atoms with Gasteiger partial charge in [0.15, 0.2) is 11.5 Å². The molecule has 0 bridgehead atoms. The first-order valence-corrected chi connectivity index (χ1v) is 7.35. The summed E-state index contributed by atoms with van der Waals surface area (Å²) in [5, 5.41) is 11.0. The molecule has 1 aromatic carbocycles. The average Bonchev–Trinajstić information content (AvgIpc) is 2.66. The number of rotatable bonds is 4. The van der Waals surface area contributed by atoms with Crippen LogP contribution in [0.4, 0.5) is 0 Å². The van der Waals surface area contributed by atoms with E-state index in [-0.39, 0.29) is 17.2 Å². The number of aliphatic hydroxyl groups excluding tert-OH is 1. The number of hydrogen-bond acceptors (Lipinski definition) is 4. The fraction of sp³-hybridized carbons (Fsp3) is 0.684. The number of nitrogens with zero attached hydrogens (tertiary/aromatic N) is 1. The van der Waals surface area contributed by atoms with Crippen LogP contribution in [0.25, 0.3) is 0 Å². The summed E-state index contributed by atoms with van der Waals surface area (Å²) in [5.41, 5.74) is -1.83. The highest BCUT2D eigenvalue weighted by atomic mass is 16.5. The van der Waals surface area contributed by atoms with Gasteiger partial charge in [0.05, 0.1) is 32.5 Å². The van der Waals surface area contributed by atoms with E-state index in [1.54, 1.807) is 13.8 Å². The third-order valence-electron chi connectivity index (χ3n) is 3.88. The quantitative estimate of drug-likeness (QED) is 0.919. The fourth-order valence-corrected chi connectivity index (χ4v) is 2.82. The van der Waals surface area contributed by atoms with Crippen LogP contribution in [0.3, 0.4) is 0 Å². The Morgan fingerprint density at radius 2 is 2.17 bits per heavy atom. The van der Waals surface area contributed by atoms with Crippen LogP contribution in [0.2, 0.25) is 0 Å². The van der Waals surface area contributed by atoms with Crippen molar-refractivity contribution < 1.29 is 35.1 Å². The van der Waals surface area contributed by atoms with Gasteiger partial charge in [-0.05, 0) is 54.3 Å². The Bertz CT molecular complexity index is 1100. The Balaban J connectivity index is 2.49. The van der Waals surface area contributed by atoms with Crippen molar-refractivity contribution in [3.63, 3.8) is 0 Å². The lowest BCUT2D eigenvalue weighted by molar-refractivity contribution is -0.0191. The molecule has 0 amide bonds. The van der Waals surface area contributed by atoms with Gasteiger partial charge in [-0.2, -0.15) is 0 Å². The maximum absolute atomic E-state index is 11.0. The van der Waals surface area contributed by atoms with Crippen molar-refractivity contribution in [1.29, 1.82) is 0 Å².